The zero-order chi connectivity index (χ0) is 12.3. The molecule has 0 aliphatic rings. The van der Waals surface area contributed by atoms with Crippen molar-refractivity contribution in [2.24, 2.45) is 11.7 Å². The quantitative estimate of drug-likeness (QED) is 0.817. The van der Waals surface area contributed by atoms with Crippen molar-refractivity contribution >= 4 is 16.7 Å². The van der Waals surface area contributed by atoms with E-state index >= 15 is 0 Å². The van der Waals surface area contributed by atoms with Crippen LogP contribution >= 0.6 is 0 Å². The lowest BCUT2D eigenvalue weighted by atomic mass is 9.98. The van der Waals surface area contributed by atoms with Gasteiger partial charge in [-0.15, -0.1) is 0 Å². The Morgan fingerprint density at radius 2 is 2.12 bits per heavy atom. The SMILES string of the molecule is CC(CN)CC(=O)c1cccc2cccnc12. The zero-order valence-electron chi connectivity index (χ0n) is 9.89. The number of pyridine rings is 1. The Hall–Kier alpha value is -1.74. The van der Waals surface area contributed by atoms with E-state index in [2.05, 4.69) is 4.98 Å². The number of hydrogen-bond donors (Lipinski definition) is 1. The largest absolute Gasteiger partial charge is 0.330 e. The molecule has 0 fully saturated rings. The Labute approximate surface area is 101 Å². The van der Waals surface area contributed by atoms with Gasteiger partial charge in [0.2, 0.25) is 0 Å². The average Bonchev–Trinajstić information content (AvgIpc) is 2.37. The summed E-state index contributed by atoms with van der Waals surface area (Å²) in [5.74, 6) is 0.328. The molecule has 0 saturated heterocycles. The molecule has 1 aromatic heterocycles. The van der Waals surface area contributed by atoms with Gasteiger partial charge in [-0.25, -0.2) is 0 Å². The van der Waals surface area contributed by atoms with Crippen LogP contribution in [0.4, 0.5) is 0 Å². The maximum Gasteiger partial charge on any atom is 0.165 e. The third kappa shape index (κ3) is 2.50. The third-order valence-electron chi connectivity index (χ3n) is 2.87. The molecule has 0 amide bonds. The van der Waals surface area contributed by atoms with Gasteiger partial charge in [-0.05, 0) is 24.6 Å². The second-order valence-corrected chi connectivity index (χ2v) is 4.35. The lowest BCUT2D eigenvalue weighted by Crippen LogP contribution is -2.15. The van der Waals surface area contributed by atoms with Crippen LogP contribution in [0.5, 0.6) is 0 Å². The summed E-state index contributed by atoms with van der Waals surface area (Å²) < 4.78 is 0. The number of nitrogens with two attached hydrogens (primary N) is 1. The number of hydrogen-bond acceptors (Lipinski definition) is 3. The molecular weight excluding hydrogens is 212 g/mol. The topological polar surface area (TPSA) is 56.0 Å². The number of Topliss-reactive ketones (excluding diaryl/α,β-unsaturated/α-hetero) is 1. The fourth-order valence-corrected chi connectivity index (χ4v) is 1.84. The van der Waals surface area contributed by atoms with Crippen LogP contribution in [0.15, 0.2) is 36.5 Å². The molecule has 1 unspecified atom stereocenters. The van der Waals surface area contributed by atoms with Crippen LogP contribution in [0.3, 0.4) is 0 Å². The van der Waals surface area contributed by atoms with Crippen LogP contribution < -0.4 is 5.73 Å². The Morgan fingerprint density at radius 3 is 2.88 bits per heavy atom. The summed E-state index contributed by atoms with van der Waals surface area (Å²) in [7, 11) is 0. The van der Waals surface area contributed by atoms with Crippen LogP contribution in [0, 0.1) is 5.92 Å². The molecule has 3 heteroatoms. The first-order chi connectivity index (χ1) is 8.22. The molecule has 2 N–H and O–H groups in total. The van der Waals surface area contributed by atoms with Crippen molar-refractivity contribution in [2.45, 2.75) is 13.3 Å². The Bertz CT molecular complexity index is 531. The third-order valence-corrected chi connectivity index (χ3v) is 2.87. The minimum absolute atomic E-state index is 0.118. The van der Waals surface area contributed by atoms with Gasteiger partial charge in [0, 0.05) is 23.6 Å². The van der Waals surface area contributed by atoms with Gasteiger partial charge in [0.1, 0.15) is 0 Å². The van der Waals surface area contributed by atoms with Crippen molar-refractivity contribution in [2.75, 3.05) is 6.54 Å². The van der Waals surface area contributed by atoms with Gasteiger partial charge in [-0.2, -0.15) is 0 Å². The highest BCUT2D eigenvalue weighted by Crippen LogP contribution is 2.18. The van der Waals surface area contributed by atoms with Crippen molar-refractivity contribution in [3.05, 3.63) is 42.1 Å². The van der Waals surface area contributed by atoms with Gasteiger partial charge in [0.15, 0.2) is 5.78 Å². The molecule has 1 atom stereocenters. The van der Waals surface area contributed by atoms with Crippen molar-refractivity contribution in [3.63, 3.8) is 0 Å². The molecular formula is C14H16N2O. The molecule has 3 nitrogen and oxygen atoms in total. The lowest BCUT2D eigenvalue weighted by molar-refractivity contribution is 0.0967. The van der Waals surface area contributed by atoms with Gasteiger partial charge in [-0.1, -0.05) is 25.1 Å². The number of carbonyl (C=O) groups is 1. The lowest BCUT2D eigenvalue weighted by Gasteiger charge is -2.08. The first-order valence-electron chi connectivity index (χ1n) is 5.79. The fraction of sp³-hybridized carbons (Fsp3) is 0.286. The van der Waals surface area contributed by atoms with Gasteiger partial charge in [0.05, 0.1) is 5.52 Å². The highest BCUT2D eigenvalue weighted by molar-refractivity contribution is 6.06. The van der Waals surface area contributed by atoms with Crippen LogP contribution in [-0.2, 0) is 0 Å². The van der Waals surface area contributed by atoms with E-state index in [1.807, 2.05) is 37.3 Å². The molecule has 0 saturated carbocycles. The van der Waals surface area contributed by atoms with Crippen molar-refractivity contribution < 1.29 is 4.79 Å². The second-order valence-electron chi connectivity index (χ2n) is 4.35. The van der Waals surface area contributed by atoms with Gasteiger partial charge in [0.25, 0.3) is 0 Å². The number of nitrogens with zero attached hydrogens (tertiary/aromatic N) is 1. The van der Waals surface area contributed by atoms with E-state index < -0.39 is 0 Å². The van der Waals surface area contributed by atoms with E-state index in [-0.39, 0.29) is 11.7 Å². The molecule has 88 valence electrons. The van der Waals surface area contributed by atoms with E-state index in [1.165, 1.54) is 0 Å². The van der Waals surface area contributed by atoms with E-state index in [0.717, 1.165) is 10.9 Å². The summed E-state index contributed by atoms with van der Waals surface area (Å²) >= 11 is 0. The summed E-state index contributed by atoms with van der Waals surface area (Å²) in [6.07, 6.45) is 2.19. The number of aromatic nitrogens is 1. The Morgan fingerprint density at radius 1 is 1.35 bits per heavy atom. The van der Waals surface area contributed by atoms with Gasteiger partial charge < -0.3 is 5.73 Å². The minimum atomic E-state index is 0.118. The highest BCUT2D eigenvalue weighted by Gasteiger charge is 2.13. The number of carbonyl (C=O) groups excluding carboxylic acids is 1. The first-order valence-corrected chi connectivity index (χ1v) is 5.79. The first kappa shape index (κ1) is 11.7. The molecule has 2 aromatic rings. The molecule has 2 rings (SSSR count). The summed E-state index contributed by atoms with van der Waals surface area (Å²) in [5, 5.41) is 0.999. The van der Waals surface area contributed by atoms with Crippen LogP contribution in [0.2, 0.25) is 0 Å². The summed E-state index contributed by atoms with van der Waals surface area (Å²) in [5.41, 5.74) is 7.02. The number of ketones is 1. The maximum atomic E-state index is 12.1. The smallest absolute Gasteiger partial charge is 0.165 e. The summed E-state index contributed by atoms with van der Waals surface area (Å²) in [6.45, 7) is 2.51. The van der Waals surface area contributed by atoms with Crippen LogP contribution in [-0.4, -0.2) is 17.3 Å². The van der Waals surface area contributed by atoms with Crippen LogP contribution in [0.1, 0.15) is 23.7 Å². The molecule has 0 aliphatic heterocycles. The van der Waals surface area contributed by atoms with Crippen molar-refractivity contribution in [3.8, 4) is 0 Å². The van der Waals surface area contributed by atoms with Gasteiger partial charge >= 0.3 is 0 Å². The molecule has 1 aromatic carbocycles. The highest BCUT2D eigenvalue weighted by atomic mass is 16.1. The predicted octanol–water partition coefficient (Wildman–Crippen LogP) is 2.40. The Kier molecular flexibility index (Phi) is 3.49. The molecule has 1 heterocycles. The van der Waals surface area contributed by atoms with Gasteiger partial charge in [-0.3, -0.25) is 9.78 Å². The Balaban J connectivity index is 2.38. The molecule has 0 spiro atoms. The van der Waals surface area contributed by atoms with Crippen molar-refractivity contribution in [1.29, 1.82) is 0 Å². The van der Waals surface area contributed by atoms with Crippen LogP contribution in [0.25, 0.3) is 10.9 Å². The number of benzene rings is 1. The predicted molar refractivity (Wildman–Crippen MR) is 68.9 cm³/mol. The summed E-state index contributed by atoms with van der Waals surface area (Å²) in [4.78, 5) is 16.4. The minimum Gasteiger partial charge on any atom is -0.330 e. The van der Waals surface area contributed by atoms with E-state index in [9.17, 15) is 4.79 Å². The molecule has 17 heavy (non-hydrogen) atoms. The van der Waals surface area contributed by atoms with E-state index in [4.69, 9.17) is 5.73 Å². The average molecular weight is 228 g/mol. The number of rotatable bonds is 4. The standard InChI is InChI=1S/C14H16N2O/c1-10(9-15)8-13(17)12-6-2-4-11-5-3-7-16-14(11)12/h2-7,10H,8-9,15H2,1H3. The maximum absolute atomic E-state index is 12.1. The van der Waals surface area contributed by atoms with E-state index in [1.54, 1.807) is 6.20 Å². The zero-order valence-corrected chi connectivity index (χ0v) is 9.89. The second kappa shape index (κ2) is 5.06. The summed E-state index contributed by atoms with van der Waals surface area (Å²) in [6, 6.07) is 9.53. The molecule has 0 bridgehead atoms. The monoisotopic (exact) mass is 228 g/mol. The molecule has 0 aliphatic carbocycles. The number of fused-ring (bicyclic) bond motifs is 1. The molecule has 0 radical (unpaired) electrons. The normalized spacial score (nSPS) is 12.6. The fourth-order valence-electron chi connectivity index (χ4n) is 1.84. The van der Waals surface area contributed by atoms with E-state index in [0.29, 0.717) is 18.5 Å². The van der Waals surface area contributed by atoms with Crippen molar-refractivity contribution in [1.82, 2.24) is 4.98 Å². The number of para-hydroxylation sites is 1.